The molecule has 0 unspecified atom stereocenters. The number of rotatable bonds is 3. The first-order valence-corrected chi connectivity index (χ1v) is 13.3. The molecule has 0 aliphatic carbocycles. The van der Waals surface area contributed by atoms with Crippen molar-refractivity contribution >= 4 is 13.3 Å². The zero-order valence-corrected chi connectivity index (χ0v) is 19.5. The molecular weight excluding hydrogens is 330 g/mol. The zero-order valence-electron chi connectivity index (χ0n) is 18.5. The lowest BCUT2D eigenvalue weighted by Crippen LogP contribution is -2.41. The summed E-state index contributed by atoms with van der Waals surface area (Å²) in [6, 6.07) is 9.16. The van der Waals surface area contributed by atoms with E-state index < -0.39 is 8.07 Å². The minimum atomic E-state index is -1.41. The van der Waals surface area contributed by atoms with Gasteiger partial charge in [0, 0.05) is 11.8 Å². The topological polar surface area (TPSA) is 12.9 Å². The first kappa shape index (κ1) is 20.9. The van der Waals surface area contributed by atoms with Gasteiger partial charge in [-0.25, -0.2) is 0 Å². The fraction of sp³-hybridized carbons (Fsp3) is 0.542. The lowest BCUT2D eigenvalue weighted by atomic mass is 9.82. The van der Waals surface area contributed by atoms with Crippen molar-refractivity contribution < 1.29 is 0 Å². The first-order chi connectivity index (χ1) is 11.7. The van der Waals surface area contributed by atoms with Crippen molar-refractivity contribution in [2.24, 2.45) is 5.41 Å². The maximum atomic E-state index is 4.89. The number of hydrogen-bond acceptors (Lipinski definition) is 1. The summed E-state index contributed by atoms with van der Waals surface area (Å²) in [5.41, 5.74) is 7.01. The largest absolute Gasteiger partial charge is 0.256 e. The molecular formula is C24H37NSi. The van der Waals surface area contributed by atoms with Crippen molar-refractivity contribution in [1.82, 2.24) is 4.98 Å². The molecule has 142 valence electrons. The van der Waals surface area contributed by atoms with Gasteiger partial charge in [-0.3, -0.25) is 4.98 Å². The lowest BCUT2D eigenvalue weighted by Gasteiger charge is -2.26. The molecule has 0 bridgehead atoms. The van der Waals surface area contributed by atoms with Crippen LogP contribution in [0.15, 0.2) is 30.5 Å². The zero-order chi connectivity index (χ0) is 19.9. The van der Waals surface area contributed by atoms with E-state index in [2.05, 4.69) is 98.6 Å². The van der Waals surface area contributed by atoms with Gasteiger partial charge in [-0.05, 0) is 58.2 Å². The number of benzene rings is 1. The fourth-order valence-corrected chi connectivity index (χ4v) is 5.21. The van der Waals surface area contributed by atoms with Gasteiger partial charge < -0.3 is 0 Å². The Balaban J connectivity index is 2.60. The molecule has 1 heterocycles. The summed E-state index contributed by atoms with van der Waals surface area (Å²) in [6.07, 6.45) is 3.26. The molecule has 0 saturated carbocycles. The smallest absolute Gasteiger partial charge is 0.0799 e. The van der Waals surface area contributed by atoms with Gasteiger partial charge in [-0.15, -0.1) is 0 Å². The van der Waals surface area contributed by atoms with Gasteiger partial charge in [0.05, 0.1) is 13.8 Å². The molecule has 0 radical (unpaired) electrons. The molecule has 2 rings (SSSR count). The van der Waals surface area contributed by atoms with Gasteiger partial charge in [-0.2, -0.15) is 0 Å². The number of aryl methyl sites for hydroxylation is 1. The van der Waals surface area contributed by atoms with E-state index in [9.17, 15) is 0 Å². The Labute approximate surface area is 162 Å². The number of aromatic nitrogens is 1. The summed E-state index contributed by atoms with van der Waals surface area (Å²) in [4.78, 5) is 4.89. The summed E-state index contributed by atoms with van der Waals surface area (Å²) in [5.74, 6) is 0. The highest BCUT2D eigenvalue weighted by Gasteiger charge is 2.24. The third kappa shape index (κ3) is 5.06. The number of pyridine rings is 1. The standard InChI is InChI=1S/C24H37NSi/c1-17-11-12-18(13-20(17)24(5,6)7)21-14-19(15-23(2,3)4)22(16-25-21)26(8,9)10/h11-14,16H,15H2,1-10H3. The van der Waals surface area contributed by atoms with Crippen LogP contribution in [0.5, 0.6) is 0 Å². The molecule has 26 heavy (non-hydrogen) atoms. The summed E-state index contributed by atoms with van der Waals surface area (Å²) in [5, 5.41) is 1.50. The van der Waals surface area contributed by atoms with Crippen LogP contribution in [0.3, 0.4) is 0 Å². The van der Waals surface area contributed by atoms with Crippen LogP contribution in [0.1, 0.15) is 58.2 Å². The Kier molecular flexibility index (Phi) is 5.59. The summed E-state index contributed by atoms with van der Waals surface area (Å²) >= 11 is 0. The van der Waals surface area contributed by atoms with Gasteiger partial charge in [0.25, 0.3) is 0 Å². The van der Waals surface area contributed by atoms with Crippen molar-refractivity contribution in [2.45, 2.75) is 79.9 Å². The average Bonchev–Trinajstić information content (AvgIpc) is 2.43. The molecule has 1 nitrogen and oxygen atoms in total. The van der Waals surface area contributed by atoms with E-state index in [1.807, 2.05) is 0 Å². The minimum Gasteiger partial charge on any atom is -0.256 e. The van der Waals surface area contributed by atoms with Gasteiger partial charge in [0.15, 0.2) is 0 Å². The Hall–Kier alpha value is -1.41. The van der Waals surface area contributed by atoms with Gasteiger partial charge >= 0.3 is 0 Å². The highest BCUT2D eigenvalue weighted by molar-refractivity contribution is 6.89. The quantitative estimate of drug-likeness (QED) is 0.565. The Morgan fingerprint density at radius 3 is 2.04 bits per heavy atom. The lowest BCUT2D eigenvalue weighted by molar-refractivity contribution is 0.412. The van der Waals surface area contributed by atoms with Crippen LogP contribution in [0.4, 0.5) is 0 Å². The molecule has 2 aromatic rings. The predicted octanol–water partition coefficient (Wildman–Crippen LogP) is 6.49. The monoisotopic (exact) mass is 367 g/mol. The van der Waals surface area contributed by atoms with E-state index in [-0.39, 0.29) is 10.8 Å². The molecule has 1 aromatic heterocycles. The molecule has 0 spiro atoms. The van der Waals surface area contributed by atoms with Crippen molar-refractivity contribution in [3.05, 3.63) is 47.2 Å². The SMILES string of the molecule is Cc1ccc(-c2cc(CC(C)(C)C)c([Si](C)(C)C)cn2)cc1C(C)(C)C. The molecule has 0 saturated heterocycles. The fourth-order valence-electron chi connectivity index (χ4n) is 3.64. The second-order valence-corrected chi connectivity index (χ2v) is 16.0. The van der Waals surface area contributed by atoms with E-state index in [0.29, 0.717) is 0 Å². The van der Waals surface area contributed by atoms with E-state index in [1.165, 1.54) is 27.4 Å². The number of nitrogens with zero attached hydrogens (tertiary/aromatic N) is 1. The average molecular weight is 368 g/mol. The Morgan fingerprint density at radius 2 is 1.54 bits per heavy atom. The Bertz CT molecular complexity index is 783. The van der Waals surface area contributed by atoms with Crippen LogP contribution in [0.25, 0.3) is 11.3 Å². The molecule has 0 N–H and O–H groups in total. The summed E-state index contributed by atoms with van der Waals surface area (Å²) in [6.45, 7) is 23.3. The van der Waals surface area contributed by atoms with Crippen molar-refractivity contribution in [2.75, 3.05) is 0 Å². The molecule has 2 heteroatoms. The molecule has 0 aliphatic heterocycles. The second-order valence-electron chi connectivity index (χ2n) is 11.0. The first-order valence-electron chi connectivity index (χ1n) is 9.79. The molecule has 0 aliphatic rings. The summed E-state index contributed by atoms with van der Waals surface area (Å²) in [7, 11) is -1.41. The van der Waals surface area contributed by atoms with Crippen molar-refractivity contribution in [3.8, 4) is 11.3 Å². The maximum Gasteiger partial charge on any atom is 0.0799 e. The molecule has 0 atom stereocenters. The number of hydrogen-bond donors (Lipinski definition) is 0. The summed E-state index contributed by atoms with van der Waals surface area (Å²) < 4.78 is 0. The highest BCUT2D eigenvalue weighted by atomic mass is 28.3. The third-order valence-electron chi connectivity index (χ3n) is 4.86. The highest BCUT2D eigenvalue weighted by Crippen LogP contribution is 2.31. The maximum absolute atomic E-state index is 4.89. The van der Waals surface area contributed by atoms with Gasteiger partial charge in [0.2, 0.25) is 0 Å². The van der Waals surface area contributed by atoms with Crippen molar-refractivity contribution in [1.29, 1.82) is 0 Å². The molecule has 0 fully saturated rings. The van der Waals surface area contributed by atoms with Crippen LogP contribution in [0, 0.1) is 12.3 Å². The van der Waals surface area contributed by atoms with E-state index >= 15 is 0 Å². The van der Waals surface area contributed by atoms with Crippen LogP contribution in [-0.2, 0) is 11.8 Å². The van der Waals surface area contributed by atoms with Crippen LogP contribution in [0.2, 0.25) is 19.6 Å². The third-order valence-corrected chi connectivity index (χ3v) is 6.93. The van der Waals surface area contributed by atoms with E-state index in [0.717, 1.165) is 12.1 Å². The van der Waals surface area contributed by atoms with Gasteiger partial charge in [-0.1, -0.05) is 73.3 Å². The van der Waals surface area contributed by atoms with Gasteiger partial charge in [0.1, 0.15) is 0 Å². The minimum absolute atomic E-state index is 0.145. The van der Waals surface area contributed by atoms with Crippen LogP contribution in [-0.4, -0.2) is 13.1 Å². The van der Waals surface area contributed by atoms with Crippen LogP contribution >= 0.6 is 0 Å². The molecule has 0 amide bonds. The Morgan fingerprint density at radius 1 is 0.923 bits per heavy atom. The predicted molar refractivity (Wildman–Crippen MR) is 119 cm³/mol. The molecule has 1 aromatic carbocycles. The van der Waals surface area contributed by atoms with E-state index in [1.54, 1.807) is 0 Å². The van der Waals surface area contributed by atoms with E-state index in [4.69, 9.17) is 4.98 Å². The second kappa shape index (κ2) is 6.96. The normalized spacial score (nSPS) is 13.2. The van der Waals surface area contributed by atoms with Crippen molar-refractivity contribution in [3.63, 3.8) is 0 Å². The van der Waals surface area contributed by atoms with Crippen LogP contribution < -0.4 is 5.19 Å².